The molecule has 1 atom stereocenters. The summed E-state index contributed by atoms with van der Waals surface area (Å²) < 4.78 is 5.50. The van der Waals surface area contributed by atoms with Crippen LogP contribution in [-0.4, -0.2) is 19.8 Å². The van der Waals surface area contributed by atoms with E-state index in [0.29, 0.717) is 6.04 Å². The molecule has 0 saturated heterocycles. The summed E-state index contributed by atoms with van der Waals surface area (Å²) in [5.74, 6) is 0. The van der Waals surface area contributed by atoms with Gasteiger partial charge >= 0.3 is 0 Å². The van der Waals surface area contributed by atoms with E-state index in [9.17, 15) is 0 Å². The van der Waals surface area contributed by atoms with E-state index >= 15 is 0 Å². The Morgan fingerprint density at radius 3 is 2.63 bits per heavy atom. The zero-order valence-electron chi connectivity index (χ0n) is 11.9. The lowest BCUT2D eigenvalue weighted by atomic mass is 9.97. The second-order valence-electron chi connectivity index (χ2n) is 4.66. The Bertz CT molecular complexity index is 504. The molecular formula is C17H23NO. The van der Waals surface area contributed by atoms with E-state index in [1.807, 2.05) is 6.92 Å². The maximum absolute atomic E-state index is 5.50. The first-order chi connectivity index (χ1) is 9.36. The van der Waals surface area contributed by atoms with Gasteiger partial charge in [0.15, 0.2) is 0 Å². The number of hydrogen-bond donors (Lipinski definition) is 1. The molecule has 1 unspecified atom stereocenters. The lowest BCUT2D eigenvalue weighted by Crippen LogP contribution is -2.22. The van der Waals surface area contributed by atoms with Crippen LogP contribution in [0.25, 0.3) is 10.8 Å². The summed E-state index contributed by atoms with van der Waals surface area (Å²) in [6.45, 7) is 6.75. The molecule has 19 heavy (non-hydrogen) atoms. The maximum Gasteiger partial charge on any atom is 0.0484 e. The van der Waals surface area contributed by atoms with Crippen LogP contribution in [0.2, 0.25) is 0 Å². The minimum absolute atomic E-state index is 0.364. The van der Waals surface area contributed by atoms with Crippen LogP contribution in [0.5, 0.6) is 0 Å². The normalized spacial score (nSPS) is 12.7. The molecule has 0 aliphatic carbocycles. The molecule has 2 nitrogen and oxygen atoms in total. The fraction of sp³-hybridized carbons (Fsp3) is 0.412. The molecule has 1 N–H and O–H groups in total. The van der Waals surface area contributed by atoms with Crippen molar-refractivity contribution in [1.29, 1.82) is 0 Å². The van der Waals surface area contributed by atoms with E-state index in [1.54, 1.807) is 0 Å². The zero-order chi connectivity index (χ0) is 13.5. The van der Waals surface area contributed by atoms with Gasteiger partial charge in [-0.2, -0.15) is 0 Å². The molecule has 2 aromatic carbocycles. The lowest BCUT2D eigenvalue weighted by molar-refractivity contribution is 0.136. The Morgan fingerprint density at radius 1 is 1.05 bits per heavy atom. The van der Waals surface area contributed by atoms with Crippen LogP contribution in [0.3, 0.4) is 0 Å². The standard InChI is InChI=1S/C17H23NO/c1-3-18-17(12-13-19-4-2)16-11-7-9-14-8-5-6-10-15(14)16/h5-11,17-18H,3-4,12-13H2,1-2H3. The van der Waals surface area contributed by atoms with Gasteiger partial charge < -0.3 is 10.1 Å². The number of fused-ring (bicyclic) bond motifs is 1. The maximum atomic E-state index is 5.50. The van der Waals surface area contributed by atoms with Crippen LogP contribution in [0, 0.1) is 0 Å². The topological polar surface area (TPSA) is 21.3 Å². The SMILES string of the molecule is CCNC(CCOCC)c1cccc2ccccc12. The lowest BCUT2D eigenvalue weighted by Gasteiger charge is -2.20. The van der Waals surface area contributed by atoms with Crippen LogP contribution >= 0.6 is 0 Å². The van der Waals surface area contributed by atoms with Crippen LogP contribution in [0.4, 0.5) is 0 Å². The predicted octanol–water partition coefficient (Wildman–Crippen LogP) is 3.92. The number of benzene rings is 2. The Labute approximate surface area is 115 Å². The molecule has 0 radical (unpaired) electrons. The molecule has 0 heterocycles. The number of ether oxygens (including phenoxy) is 1. The molecule has 2 heteroatoms. The van der Waals surface area contributed by atoms with E-state index in [0.717, 1.165) is 26.2 Å². The summed E-state index contributed by atoms with van der Waals surface area (Å²) in [7, 11) is 0. The monoisotopic (exact) mass is 257 g/mol. The summed E-state index contributed by atoms with van der Waals surface area (Å²) >= 11 is 0. The van der Waals surface area contributed by atoms with E-state index in [1.165, 1.54) is 16.3 Å². The predicted molar refractivity (Wildman–Crippen MR) is 81.5 cm³/mol. The molecule has 0 amide bonds. The zero-order valence-corrected chi connectivity index (χ0v) is 11.9. The highest BCUT2D eigenvalue weighted by molar-refractivity contribution is 5.86. The summed E-state index contributed by atoms with van der Waals surface area (Å²) in [5, 5.41) is 6.22. The molecule has 0 fully saturated rings. The first-order valence-electron chi connectivity index (χ1n) is 7.15. The van der Waals surface area contributed by atoms with Crippen molar-refractivity contribution in [2.24, 2.45) is 0 Å². The van der Waals surface area contributed by atoms with Crippen molar-refractivity contribution in [3.05, 3.63) is 48.0 Å². The Balaban J connectivity index is 2.27. The fourth-order valence-electron chi connectivity index (χ4n) is 2.51. The average Bonchev–Trinajstić information content (AvgIpc) is 2.46. The van der Waals surface area contributed by atoms with Crippen molar-refractivity contribution in [3.63, 3.8) is 0 Å². The molecule has 0 bridgehead atoms. The van der Waals surface area contributed by atoms with Crippen LogP contribution in [0.1, 0.15) is 31.9 Å². The second kappa shape index (κ2) is 7.27. The quantitative estimate of drug-likeness (QED) is 0.759. The molecule has 0 saturated carbocycles. The van der Waals surface area contributed by atoms with Gasteiger partial charge in [0.05, 0.1) is 0 Å². The van der Waals surface area contributed by atoms with Crippen molar-refractivity contribution >= 4 is 10.8 Å². The number of hydrogen-bond acceptors (Lipinski definition) is 2. The van der Waals surface area contributed by atoms with E-state index < -0.39 is 0 Å². The largest absolute Gasteiger partial charge is 0.382 e. The molecule has 0 spiro atoms. The van der Waals surface area contributed by atoms with Crippen molar-refractivity contribution < 1.29 is 4.74 Å². The van der Waals surface area contributed by atoms with Gasteiger partial charge in [-0.15, -0.1) is 0 Å². The highest BCUT2D eigenvalue weighted by atomic mass is 16.5. The molecule has 0 aliphatic heterocycles. The van der Waals surface area contributed by atoms with Crippen LogP contribution in [-0.2, 0) is 4.74 Å². The molecule has 0 aromatic heterocycles. The highest BCUT2D eigenvalue weighted by Gasteiger charge is 2.12. The third-order valence-electron chi connectivity index (χ3n) is 3.40. The minimum atomic E-state index is 0.364. The van der Waals surface area contributed by atoms with Crippen LogP contribution in [0.15, 0.2) is 42.5 Å². The molecule has 102 valence electrons. The van der Waals surface area contributed by atoms with Gasteiger partial charge in [0.2, 0.25) is 0 Å². The van der Waals surface area contributed by atoms with Gasteiger partial charge in [-0.1, -0.05) is 49.4 Å². The molecule has 2 rings (SSSR count). The van der Waals surface area contributed by atoms with Gasteiger partial charge in [-0.25, -0.2) is 0 Å². The van der Waals surface area contributed by atoms with Gasteiger partial charge in [0, 0.05) is 19.3 Å². The first kappa shape index (κ1) is 14.0. The highest BCUT2D eigenvalue weighted by Crippen LogP contribution is 2.26. The van der Waals surface area contributed by atoms with E-state index in [4.69, 9.17) is 4.74 Å². The van der Waals surface area contributed by atoms with Gasteiger partial charge in [0.25, 0.3) is 0 Å². The summed E-state index contributed by atoms with van der Waals surface area (Å²) in [4.78, 5) is 0. The number of rotatable bonds is 7. The summed E-state index contributed by atoms with van der Waals surface area (Å²) in [6.07, 6.45) is 1.01. The Kier molecular flexibility index (Phi) is 5.37. The van der Waals surface area contributed by atoms with Crippen molar-refractivity contribution in [1.82, 2.24) is 5.32 Å². The Morgan fingerprint density at radius 2 is 1.84 bits per heavy atom. The summed E-state index contributed by atoms with van der Waals surface area (Å²) in [6, 6.07) is 15.5. The second-order valence-corrected chi connectivity index (χ2v) is 4.66. The molecular weight excluding hydrogens is 234 g/mol. The van der Waals surface area contributed by atoms with Crippen LogP contribution < -0.4 is 5.32 Å². The third-order valence-corrected chi connectivity index (χ3v) is 3.40. The first-order valence-corrected chi connectivity index (χ1v) is 7.15. The van der Waals surface area contributed by atoms with Crippen molar-refractivity contribution in [2.75, 3.05) is 19.8 Å². The smallest absolute Gasteiger partial charge is 0.0484 e. The average molecular weight is 257 g/mol. The van der Waals surface area contributed by atoms with E-state index in [2.05, 4.69) is 54.7 Å². The van der Waals surface area contributed by atoms with Gasteiger partial charge in [0.1, 0.15) is 0 Å². The number of nitrogens with one attached hydrogen (secondary N) is 1. The molecule has 2 aromatic rings. The minimum Gasteiger partial charge on any atom is -0.382 e. The molecule has 0 aliphatic rings. The fourth-order valence-corrected chi connectivity index (χ4v) is 2.51. The van der Waals surface area contributed by atoms with E-state index in [-0.39, 0.29) is 0 Å². The Hall–Kier alpha value is -1.38. The van der Waals surface area contributed by atoms with Crippen molar-refractivity contribution in [3.8, 4) is 0 Å². The third kappa shape index (κ3) is 3.55. The van der Waals surface area contributed by atoms with Gasteiger partial charge in [-0.3, -0.25) is 0 Å². The van der Waals surface area contributed by atoms with Gasteiger partial charge in [-0.05, 0) is 36.2 Å². The van der Waals surface area contributed by atoms with Crippen molar-refractivity contribution in [2.45, 2.75) is 26.3 Å². The summed E-state index contributed by atoms with van der Waals surface area (Å²) in [5.41, 5.74) is 1.37.